The molecule has 2 aromatic heterocycles. The maximum atomic E-state index is 12.7. The van der Waals surface area contributed by atoms with Crippen molar-refractivity contribution in [3.63, 3.8) is 0 Å². The lowest BCUT2D eigenvalue weighted by atomic mass is 10.3. The lowest BCUT2D eigenvalue weighted by Crippen LogP contribution is -2.22. The van der Waals surface area contributed by atoms with Gasteiger partial charge in [0, 0.05) is 12.0 Å². The number of fused-ring (bicyclic) bond motifs is 1. The first-order chi connectivity index (χ1) is 12.2. The lowest BCUT2D eigenvalue weighted by molar-refractivity contribution is -0.116. The summed E-state index contributed by atoms with van der Waals surface area (Å²) in [7, 11) is 0. The number of rotatable bonds is 6. The normalized spacial score (nSPS) is 15.4. The van der Waals surface area contributed by atoms with Crippen molar-refractivity contribution in [2.75, 3.05) is 5.32 Å². The summed E-state index contributed by atoms with van der Waals surface area (Å²) in [5, 5.41) is 7.33. The van der Waals surface area contributed by atoms with Crippen molar-refractivity contribution in [3.05, 3.63) is 42.4 Å². The zero-order valence-electron chi connectivity index (χ0n) is 14.6. The van der Waals surface area contributed by atoms with Gasteiger partial charge in [0.1, 0.15) is 18.2 Å². The Morgan fingerprint density at radius 3 is 2.88 bits per heavy atom. The number of anilines is 1. The van der Waals surface area contributed by atoms with Gasteiger partial charge in [-0.15, -0.1) is 0 Å². The molecule has 1 N–H and O–H groups in total. The molecule has 4 rings (SSSR count). The van der Waals surface area contributed by atoms with Gasteiger partial charge in [-0.05, 0) is 38.3 Å². The SMILES string of the molecule is CCC(C)n1nccc1NC(=O)Cn1c(C2CC2)nc2ccccc21. The molecule has 0 saturated heterocycles. The molecule has 1 unspecified atom stereocenters. The molecule has 1 aliphatic rings. The summed E-state index contributed by atoms with van der Waals surface area (Å²) in [6.45, 7) is 4.48. The minimum absolute atomic E-state index is 0.0462. The van der Waals surface area contributed by atoms with Crippen LogP contribution in [0.2, 0.25) is 0 Å². The highest BCUT2D eigenvalue weighted by Crippen LogP contribution is 2.40. The van der Waals surface area contributed by atoms with E-state index in [1.165, 1.54) is 0 Å². The van der Waals surface area contributed by atoms with E-state index in [1.807, 2.05) is 35.0 Å². The Kier molecular flexibility index (Phi) is 4.03. The summed E-state index contributed by atoms with van der Waals surface area (Å²) < 4.78 is 3.93. The van der Waals surface area contributed by atoms with Gasteiger partial charge in [0.15, 0.2) is 0 Å². The highest BCUT2D eigenvalue weighted by atomic mass is 16.2. The van der Waals surface area contributed by atoms with Crippen LogP contribution in [0.15, 0.2) is 36.5 Å². The quantitative estimate of drug-likeness (QED) is 0.745. The van der Waals surface area contributed by atoms with Gasteiger partial charge in [-0.2, -0.15) is 5.10 Å². The van der Waals surface area contributed by atoms with E-state index < -0.39 is 0 Å². The first kappa shape index (κ1) is 15.9. The Bertz CT molecular complexity index is 906. The Morgan fingerprint density at radius 1 is 1.32 bits per heavy atom. The third-order valence-electron chi connectivity index (χ3n) is 4.87. The Hall–Kier alpha value is -2.63. The highest BCUT2D eigenvalue weighted by Gasteiger charge is 2.30. The largest absolute Gasteiger partial charge is 0.318 e. The minimum Gasteiger partial charge on any atom is -0.318 e. The average Bonchev–Trinajstić information content (AvgIpc) is 3.26. The predicted molar refractivity (Wildman–Crippen MR) is 97.6 cm³/mol. The van der Waals surface area contributed by atoms with Gasteiger partial charge < -0.3 is 9.88 Å². The van der Waals surface area contributed by atoms with Crippen molar-refractivity contribution in [3.8, 4) is 0 Å². The number of nitrogens with zero attached hydrogens (tertiary/aromatic N) is 4. The molecule has 0 aliphatic heterocycles. The van der Waals surface area contributed by atoms with Gasteiger partial charge in [-0.25, -0.2) is 9.67 Å². The molecule has 1 aliphatic carbocycles. The van der Waals surface area contributed by atoms with Crippen molar-refractivity contribution in [2.45, 2.75) is 51.6 Å². The maximum Gasteiger partial charge on any atom is 0.245 e. The molecule has 2 heterocycles. The number of benzene rings is 1. The Morgan fingerprint density at radius 2 is 2.12 bits per heavy atom. The fourth-order valence-corrected chi connectivity index (χ4v) is 3.18. The van der Waals surface area contributed by atoms with Crippen molar-refractivity contribution in [2.24, 2.45) is 0 Å². The highest BCUT2D eigenvalue weighted by molar-refractivity contribution is 5.91. The van der Waals surface area contributed by atoms with E-state index in [0.717, 1.165) is 41.9 Å². The van der Waals surface area contributed by atoms with Gasteiger partial charge in [0.05, 0.1) is 23.3 Å². The van der Waals surface area contributed by atoms with E-state index in [4.69, 9.17) is 4.98 Å². The second-order valence-corrected chi connectivity index (χ2v) is 6.79. The number of hydrogen-bond donors (Lipinski definition) is 1. The van der Waals surface area contributed by atoms with Crippen molar-refractivity contribution in [1.82, 2.24) is 19.3 Å². The van der Waals surface area contributed by atoms with Crippen molar-refractivity contribution in [1.29, 1.82) is 0 Å². The van der Waals surface area contributed by atoms with E-state index in [1.54, 1.807) is 6.20 Å². The van der Waals surface area contributed by atoms with Gasteiger partial charge in [-0.3, -0.25) is 4.79 Å². The van der Waals surface area contributed by atoms with Crippen LogP contribution in [0.25, 0.3) is 11.0 Å². The van der Waals surface area contributed by atoms with Crippen molar-refractivity contribution < 1.29 is 4.79 Å². The number of carbonyl (C=O) groups excluding carboxylic acids is 1. The van der Waals surface area contributed by atoms with Crippen LogP contribution in [0.5, 0.6) is 0 Å². The molecule has 0 bridgehead atoms. The van der Waals surface area contributed by atoms with Crippen LogP contribution >= 0.6 is 0 Å². The van der Waals surface area contributed by atoms with Crippen LogP contribution in [-0.2, 0) is 11.3 Å². The average molecular weight is 337 g/mol. The topological polar surface area (TPSA) is 64.7 Å². The first-order valence-corrected chi connectivity index (χ1v) is 8.96. The van der Waals surface area contributed by atoms with E-state index in [9.17, 15) is 4.79 Å². The number of hydrogen-bond acceptors (Lipinski definition) is 3. The number of amides is 1. The second-order valence-electron chi connectivity index (χ2n) is 6.79. The number of aromatic nitrogens is 4. The molecule has 6 nitrogen and oxygen atoms in total. The molecule has 3 aromatic rings. The molecule has 130 valence electrons. The van der Waals surface area contributed by atoms with E-state index >= 15 is 0 Å². The number of para-hydroxylation sites is 2. The fourth-order valence-electron chi connectivity index (χ4n) is 3.18. The molecule has 25 heavy (non-hydrogen) atoms. The third-order valence-corrected chi connectivity index (χ3v) is 4.87. The molecule has 1 fully saturated rings. The van der Waals surface area contributed by atoms with E-state index in [-0.39, 0.29) is 18.5 Å². The zero-order valence-corrected chi connectivity index (χ0v) is 14.6. The van der Waals surface area contributed by atoms with Crippen LogP contribution in [0.4, 0.5) is 5.82 Å². The molecule has 1 amide bonds. The first-order valence-electron chi connectivity index (χ1n) is 8.96. The van der Waals surface area contributed by atoms with E-state index in [0.29, 0.717) is 5.92 Å². The molecule has 0 radical (unpaired) electrons. The fraction of sp³-hybridized carbons (Fsp3) is 0.421. The van der Waals surface area contributed by atoms with Gasteiger partial charge >= 0.3 is 0 Å². The van der Waals surface area contributed by atoms with Crippen LogP contribution in [0, 0.1) is 0 Å². The monoisotopic (exact) mass is 337 g/mol. The minimum atomic E-state index is -0.0462. The van der Waals surface area contributed by atoms with Crippen molar-refractivity contribution >= 4 is 22.8 Å². The summed E-state index contributed by atoms with van der Waals surface area (Å²) >= 11 is 0. The summed E-state index contributed by atoms with van der Waals surface area (Å²) in [4.78, 5) is 17.4. The molecule has 0 spiro atoms. The molecule has 1 aromatic carbocycles. The molecule has 1 saturated carbocycles. The molecule has 1 atom stereocenters. The standard InChI is InChI=1S/C19H23N5O/c1-3-13(2)24-17(10-11-20-24)22-18(25)12-23-16-7-5-4-6-15(16)21-19(23)14-8-9-14/h4-7,10-11,13-14H,3,8-9,12H2,1-2H3,(H,22,25). The Labute approximate surface area is 146 Å². The summed E-state index contributed by atoms with van der Waals surface area (Å²) in [6.07, 6.45) is 5.00. The summed E-state index contributed by atoms with van der Waals surface area (Å²) in [5.41, 5.74) is 1.98. The Balaban J connectivity index is 1.58. The van der Waals surface area contributed by atoms with Crippen LogP contribution in [-0.4, -0.2) is 25.2 Å². The molecular formula is C19H23N5O. The molecular weight excluding hydrogens is 314 g/mol. The maximum absolute atomic E-state index is 12.7. The van der Waals surface area contributed by atoms with Gasteiger partial charge in [0.2, 0.25) is 5.91 Å². The zero-order chi connectivity index (χ0) is 17.4. The van der Waals surface area contributed by atoms with E-state index in [2.05, 4.69) is 28.8 Å². The predicted octanol–water partition coefficient (Wildman–Crippen LogP) is 3.72. The third kappa shape index (κ3) is 3.04. The number of imidazole rings is 1. The summed E-state index contributed by atoms with van der Waals surface area (Å²) in [5.74, 6) is 2.23. The van der Waals surface area contributed by atoms with Gasteiger partial charge in [0.25, 0.3) is 0 Å². The smallest absolute Gasteiger partial charge is 0.245 e. The summed E-state index contributed by atoms with van der Waals surface area (Å²) in [6, 6.07) is 10.1. The lowest BCUT2D eigenvalue weighted by Gasteiger charge is -2.15. The number of nitrogens with one attached hydrogen (secondary N) is 1. The van der Waals surface area contributed by atoms with Gasteiger partial charge in [-0.1, -0.05) is 19.1 Å². The second kappa shape index (κ2) is 6.35. The van der Waals surface area contributed by atoms with Crippen LogP contribution < -0.4 is 5.32 Å². The number of carbonyl (C=O) groups is 1. The van der Waals surface area contributed by atoms with Crippen LogP contribution in [0.1, 0.15) is 50.9 Å². The van der Waals surface area contributed by atoms with Crippen LogP contribution in [0.3, 0.4) is 0 Å². The molecule has 6 heteroatoms.